The first-order valence-electron chi connectivity index (χ1n) is 7.70. The van der Waals surface area contributed by atoms with Crippen molar-refractivity contribution in [1.29, 1.82) is 0 Å². The van der Waals surface area contributed by atoms with Gasteiger partial charge in [0.05, 0.1) is 18.5 Å². The second-order valence-corrected chi connectivity index (χ2v) is 11.0. The van der Waals surface area contributed by atoms with Crippen LogP contribution in [0.1, 0.15) is 60.8 Å². The molecule has 0 aliphatic rings. The van der Waals surface area contributed by atoms with Crippen molar-refractivity contribution in [3.63, 3.8) is 0 Å². The zero-order valence-corrected chi connectivity index (χ0v) is 14.3. The van der Waals surface area contributed by atoms with E-state index in [0.717, 1.165) is 17.8 Å². The van der Waals surface area contributed by atoms with Gasteiger partial charge in [-0.25, -0.2) is 0 Å². The van der Waals surface area contributed by atoms with Gasteiger partial charge >= 0.3 is 0 Å². The first-order valence-corrected chi connectivity index (χ1v) is 10.5. The summed E-state index contributed by atoms with van der Waals surface area (Å²) in [6.45, 7) is 17.0. The van der Waals surface area contributed by atoms with Gasteiger partial charge in [-0.05, 0) is 17.8 Å². The zero-order chi connectivity index (χ0) is 13.5. The van der Waals surface area contributed by atoms with Gasteiger partial charge in [-0.3, -0.25) is 0 Å². The topological polar surface area (TPSA) is 0 Å². The van der Waals surface area contributed by atoms with Gasteiger partial charge in [0.2, 0.25) is 0 Å². The maximum atomic E-state index is 2.65. The Bertz CT molecular complexity index is 157. The Labute approximate surface area is 111 Å². The molecule has 0 N–H and O–H groups in total. The molecule has 0 radical (unpaired) electrons. The molecule has 0 aliphatic heterocycles. The van der Waals surface area contributed by atoms with Gasteiger partial charge in [0.25, 0.3) is 0 Å². The summed E-state index contributed by atoms with van der Waals surface area (Å²) in [7, 11) is -0.687. The Hall–Kier alpha value is 0.430. The zero-order valence-electron chi connectivity index (χ0n) is 13.4. The third kappa shape index (κ3) is 7.45. The van der Waals surface area contributed by atoms with Crippen molar-refractivity contribution < 1.29 is 0 Å². The summed E-state index contributed by atoms with van der Waals surface area (Å²) in [4.78, 5) is 0. The molecule has 0 aromatic carbocycles. The highest BCUT2D eigenvalue weighted by Gasteiger charge is 2.35. The minimum Gasteiger partial charge on any atom is -0.0650 e. The molecule has 0 aliphatic carbocycles. The van der Waals surface area contributed by atoms with Gasteiger partial charge in [0.15, 0.2) is 0 Å². The van der Waals surface area contributed by atoms with Crippen molar-refractivity contribution in [2.45, 2.75) is 60.8 Å². The molecule has 0 saturated heterocycles. The Morgan fingerprint density at radius 3 is 1.06 bits per heavy atom. The Balaban J connectivity index is 4.55. The van der Waals surface area contributed by atoms with Crippen LogP contribution in [-0.4, -0.2) is 25.2 Å². The average Bonchev–Trinajstić information content (AvgIpc) is 2.27. The molecule has 3 atom stereocenters. The summed E-state index contributed by atoms with van der Waals surface area (Å²) < 4.78 is 0. The number of hydrogen-bond acceptors (Lipinski definition) is 0. The van der Waals surface area contributed by atoms with Crippen LogP contribution in [0.25, 0.3) is 0 Å². The molecular weight excluding hydrogens is 223 g/mol. The van der Waals surface area contributed by atoms with Crippen molar-refractivity contribution in [2.75, 3.05) is 25.2 Å². The molecule has 0 saturated carbocycles. The van der Waals surface area contributed by atoms with Crippen LogP contribution in [0.2, 0.25) is 0 Å². The third-order valence-corrected chi connectivity index (χ3v) is 8.86. The van der Waals surface area contributed by atoms with E-state index in [1.807, 2.05) is 0 Å². The van der Waals surface area contributed by atoms with E-state index in [4.69, 9.17) is 0 Å². The lowest BCUT2D eigenvalue weighted by atomic mass is 10.1. The molecule has 0 bridgehead atoms. The molecule has 0 heterocycles. The van der Waals surface area contributed by atoms with E-state index in [2.05, 4.69) is 48.2 Å². The predicted octanol–water partition coefficient (Wildman–Crippen LogP) is 5.77. The summed E-state index contributed by atoms with van der Waals surface area (Å²) in [6, 6.07) is 0. The van der Waals surface area contributed by atoms with E-state index >= 15 is 0 Å². The van der Waals surface area contributed by atoms with E-state index in [0.29, 0.717) is 0 Å². The van der Waals surface area contributed by atoms with E-state index in [1.54, 1.807) is 0 Å². The van der Waals surface area contributed by atoms with Crippen molar-refractivity contribution in [1.82, 2.24) is 0 Å². The van der Waals surface area contributed by atoms with Crippen LogP contribution in [0.3, 0.4) is 0 Å². The maximum absolute atomic E-state index is 2.65. The molecule has 0 spiro atoms. The van der Waals surface area contributed by atoms with E-state index in [-0.39, 0.29) is 0 Å². The largest absolute Gasteiger partial charge is 0.0650 e. The van der Waals surface area contributed by atoms with Crippen molar-refractivity contribution in [3.05, 3.63) is 0 Å². The predicted molar refractivity (Wildman–Crippen MR) is 85.8 cm³/mol. The van der Waals surface area contributed by atoms with Crippen molar-refractivity contribution in [2.24, 2.45) is 17.8 Å². The van der Waals surface area contributed by atoms with Gasteiger partial charge in [0.1, 0.15) is 0 Å². The highest BCUT2D eigenvalue weighted by atomic mass is 31.2. The van der Waals surface area contributed by atoms with E-state index in [9.17, 15) is 0 Å². The van der Waals surface area contributed by atoms with Gasteiger partial charge in [0, 0.05) is 13.9 Å². The smallest absolute Gasteiger partial charge is 0.0617 e. The van der Waals surface area contributed by atoms with Gasteiger partial charge in [-0.2, -0.15) is 0 Å². The van der Waals surface area contributed by atoms with Crippen LogP contribution >= 0.6 is 7.26 Å². The van der Waals surface area contributed by atoms with E-state index in [1.165, 1.54) is 37.7 Å². The molecule has 0 rings (SSSR count). The highest BCUT2D eigenvalue weighted by molar-refractivity contribution is 7.75. The van der Waals surface area contributed by atoms with Gasteiger partial charge in [-0.1, -0.05) is 60.8 Å². The first kappa shape index (κ1) is 17.4. The molecule has 104 valence electrons. The first-order chi connectivity index (χ1) is 7.86. The second kappa shape index (κ2) is 8.52. The summed E-state index contributed by atoms with van der Waals surface area (Å²) in [5.41, 5.74) is 0. The van der Waals surface area contributed by atoms with Crippen molar-refractivity contribution >= 4 is 7.26 Å². The van der Waals surface area contributed by atoms with Crippen molar-refractivity contribution in [3.8, 4) is 0 Å². The monoisotopic (exact) mass is 259 g/mol. The summed E-state index contributed by atoms with van der Waals surface area (Å²) in [5, 5.41) is 0. The summed E-state index contributed by atoms with van der Waals surface area (Å²) >= 11 is 0. The molecule has 0 aromatic rings. The Morgan fingerprint density at radius 2 is 0.882 bits per heavy atom. The lowest BCUT2D eigenvalue weighted by Gasteiger charge is -2.30. The number of hydrogen-bond donors (Lipinski definition) is 0. The van der Waals surface area contributed by atoms with Crippen LogP contribution in [0, 0.1) is 17.8 Å². The Kier molecular flexibility index (Phi) is 8.73. The molecule has 0 amide bonds. The van der Waals surface area contributed by atoms with Crippen LogP contribution in [0.4, 0.5) is 0 Å². The van der Waals surface area contributed by atoms with Crippen LogP contribution in [0.15, 0.2) is 0 Å². The quantitative estimate of drug-likeness (QED) is 0.461. The minimum atomic E-state index is -0.687. The fraction of sp³-hybridized carbons (Fsp3) is 1.00. The maximum Gasteiger partial charge on any atom is 0.0617 e. The molecule has 17 heavy (non-hydrogen) atoms. The standard InChI is InChI=1S/C16H36P/c1-8-14(4)11-17(7,12-15(5)9-2)13-16(6)10-3/h14-16H,8-13H2,1-7H3/q+1. The molecule has 3 unspecified atom stereocenters. The normalized spacial score (nSPS) is 20.6. The van der Waals surface area contributed by atoms with Gasteiger partial charge < -0.3 is 0 Å². The highest BCUT2D eigenvalue weighted by Crippen LogP contribution is 2.59. The molecule has 0 aromatic heterocycles. The van der Waals surface area contributed by atoms with E-state index < -0.39 is 7.26 Å². The molecular formula is C16H36P+. The second-order valence-electron chi connectivity index (χ2n) is 6.71. The fourth-order valence-electron chi connectivity index (χ4n) is 2.87. The van der Waals surface area contributed by atoms with Crippen LogP contribution < -0.4 is 0 Å². The lowest BCUT2D eigenvalue weighted by Crippen LogP contribution is -2.19. The average molecular weight is 259 g/mol. The number of rotatable bonds is 9. The summed E-state index contributed by atoms with van der Waals surface area (Å²) in [5.74, 6) is 2.80. The molecule has 0 fully saturated rings. The third-order valence-electron chi connectivity index (χ3n) is 4.35. The lowest BCUT2D eigenvalue weighted by molar-refractivity contribution is 0.589. The van der Waals surface area contributed by atoms with Crippen LogP contribution in [-0.2, 0) is 0 Å². The minimum absolute atomic E-state index is 0.687. The van der Waals surface area contributed by atoms with Gasteiger partial charge in [-0.15, -0.1) is 0 Å². The molecule has 1 heteroatoms. The summed E-state index contributed by atoms with van der Waals surface area (Å²) in [6.07, 6.45) is 8.65. The van der Waals surface area contributed by atoms with Crippen LogP contribution in [0.5, 0.6) is 0 Å². The SMILES string of the molecule is CCC(C)C[P+](C)(CC(C)CC)CC(C)CC. The fourth-order valence-corrected chi connectivity index (χ4v) is 8.60. The molecule has 0 nitrogen and oxygen atoms in total. The Morgan fingerprint density at radius 1 is 0.647 bits per heavy atom.